The highest BCUT2D eigenvalue weighted by Gasteiger charge is 2.16. The zero-order chi connectivity index (χ0) is 15.0. The molecule has 0 bridgehead atoms. The van der Waals surface area contributed by atoms with E-state index in [1.807, 2.05) is 0 Å². The molecule has 1 heterocycles. The number of halogens is 3. The maximum atomic E-state index is 13.7. The minimum absolute atomic E-state index is 0.0322. The van der Waals surface area contributed by atoms with Gasteiger partial charge in [0.2, 0.25) is 5.82 Å². The molecule has 3 rings (SSSR count). The number of aromatic nitrogens is 2. The first kappa shape index (κ1) is 13.5. The van der Waals surface area contributed by atoms with Crippen LogP contribution in [-0.2, 0) is 0 Å². The Hall–Kier alpha value is -2.47. The lowest BCUT2D eigenvalue weighted by atomic mass is 10.2. The zero-order valence-electron chi connectivity index (χ0n) is 10.5. The lowest BCUT2D eigenvalue weighted by Crippen LogP contribution is -1.90. The number of nitrogens with two attached hydrogens (primary N) is 1. The number of nitrogen functional groups attached to an aromatic ring is 1. The van der Waals surface area contributed by atoms with Gasteiger partial charge in [-0.05, 0) is 36.4 Å². The molecule has 0 saturated carbocycles. The van der Waals surface area contributed by atoms with Crippen molar-refractivity contribution in [3.8, 4) is 22.8 Å². The number of anilines is 1. The summed E-state index contributed by atoms with van der Waals surface area (Å²) in [6.45, 7) is 0. The van der Waals surface area contributed by atoms with Crippen molar-refractivity contribution in [1.29, 1.82) is 0 Å². The summed E-state index contributed by atoms with van der Waals surface area (Å²) < 4.78 is 31.8. The minimum atomic E-state index is -0.537. The molecule has 3 aromatic rings. The Morgan fingerprint density at radius 2 is 1.86 bits per heavy atom. The van der Waals surface area contributed by atoms with E-state index >= 15 is 0 Å². The van der Waals surface area contributed by atoms with Crippen molar-refractivity contribution in [2.45, 2.75) is 0 Å². The Morgan fingerprint density at radius 3 is 2.62 bits per heavy atom. The molecule has 0 amide bonds. The van der Waals surface area contributed by atoms with E-state index < -0.39 is 11.6 Å². The second-order valence-electron chi connectivity index (χ2n) is 4.29. The molecule has 7 heteroatoms. The Balaban J connectivity index is 2.06. The minimum Gasteiger partial charge on any atom is -0.399 e. The number of rotatable bonds is 2. The van der Waals surface area contributed by atoms with E-state index in [0.29, 0.717) is 11.3 Å². The third kappa shape index (κ3) is 2.57. The van der Waals surface area contributed by atoms with E-state index in [0.717, 1.165) is 6.07 Å². The molecule has 21 heavy (non-hydrogen) atoms. The second-order valence-corrected chi connectivity index (χ2v) is 4.69. The topological polar surface area (TPSA) is 64.9 Å². The molecule has 0 aliphatic heterocycles. The largest absolute Gasteiger partial charge is 0.399 e. The van der Waals surface area contributed by atoms with Gasteiger partial charge in [-0.2, -0.15) is 4.98 Å². The summed E-state index contributed by atoms with van der Waals surface area (Å²) in [6.07, 6.45) is 0. The van der Waals surface area contributed by atoms with Crippen molar-refractivity contribution >= 4 is 17.3 Å². The molecule has 0 fully saturated rings. The SMILES string of the molecule is Nc1ccc(F)c(-c2nc(-c3ccc(F)cc3Cl)no2)c1. The molecular weight excluding hydrogens is 300 g/mol. The molecule has 0 saturated heterocycles. The smallest absolute Gasteiger partial charge is 0.261 e. The van der Waals surface area contributed by atoms with E-state index in [9.17, 15) is 8.78 Å². The van der Waals surface area contributed by atoms with Crippen LogP contribution < -0.4 is 5.73 Å². The fraction of sp³-hybridized carbons (Fsp3) is 0. The van der Waals surface area contributed by atoms with Crippen LogP contribution in [0.5, 0.6) is 0 Å². The van der Waals surface area contributed by atoms with Gasteiger partial charge in [-0.1, -0.05) is 16.8 Å². The van der Waals surface area contributed by atoms with Crippen LogP contribution in [0.15, 0.2) is 40.9 Å². The van der Waals surface area contributed by atoms with Crippen LogP contribution >= 0.6 is 11.6 Å². The van der Waals surface area contributed by atoms with Crippen molar-refractivity contribution in [2.24, 2.45) is 0 Å². The summed E-state index contributed by atoms with van der Waals surface area (Å²) in [4.78, 5) is 4.06. The van der Waals surface area contributed by atoms with Crippen molar-refractivity contribution in [3.05, 3.63) is 53.1 Å². The van der Waals surface area contributed by atoms with E-state index in [4.69, 9.17) is 21.9 Å². The molecule has 0 aliphatic rings. The van der Waals surface area contributed by atoms with Crippen LogP contribution in [0.25, 0.3) is 22.8 Å². The van der Waals surface area contributed by atoms with Gasteiger partial charge in [0, 0.05) is 11.3 Å². The number of nitrogens with zero attached hydrogens (tertiary/aromatic N) is 2. The third-order valence-corrected chi connectivity index (χ3v) is 3.13. The van der Waals surface area contributed by atoms with Gasteiger partial charge >= 0.3 is 0 Å². The quantitative estimate of drug-likeness (QED) is 0.729. The molecular formula is C14H8ClF2N3O. The lowest BCUT2D eigenvalue weighted by molar-refractivity contribution is 0.429. The van der Waals surface area contributed by atoms with Gasteiger partial charge < -0.3 is 10.3 Å². The fourth-order valence-electron chi connectivity index (χ4n) is 1.82. The van der Waals surface area contributed by atoms with Gasteiger partial charge in [-0.3, -0.25) is 0 Å². The predicted molar refractivity (Wildman–Crippen MR) is 74.5 cm³/mol. The molecule has 1 aromatic heterocycles. The molecule has 0 spiro atoms. The van der Waals surface area contributed by atoms with E-state index in [-0.39, 0.29) is 22.3 Å². The van der Waals surface area contributed by atoms with E-state index in [1.165, 1.54) is 30.3 Å². The molecule has 0 unspecified atom stereocenters. The predicted octanol–water partition coefficient (Wildman–Crippen LogP) is 3.92. The molecule has 2 aromatic carbocycles. The highest BCUT2D eigenvalue weighted by atomic mass is 35.5. The number of hydrogen-bond donors (Lipinski definition) is 1. The molecule has 2 N–H and O–H groups in total. The van der Waals surface area contributed by atoms with Crippen LogP contribution in [0.3, 0.4) is 0 Å². The van der Waals surface area contributed by atoms with Crippen LogP contribution in [0.2, 0.25) is 5.02 Å². The van der Waals surface area contributed by atoms with Crippen LogP contribution in [-0.4, -0.2) is 10.1 Å². The summed E-state index contributed by atoms with van der Waals surface area (Å²) in [5.41, 5.74) is 6.45. The van der Waals surface area contributed by atoms with Crippen molar-refractivity contribution < 1.29 is 13.3 Å². The van der Waals surface area contributed by atoms with Crippen LogP contribution in [0, 0.1) is 11.6 Å². The highest BCUT2D eigenvalue weighted by Crippen LogP contribution is 2.29. The van der Waals surface area contributed by atoms with Crippen molar-refractivity contribution in [2.75, 3.05) is 5.73 Å². The van der Waals surface area contributed by atoms with Gasteiger partial charge in [0.15, 0.2) is 0 Å². The maximum absolute atomic E-state index is 13.7. The average molecular weight is 308 g/mol. The molecule has 106 valence electrons. The zero-order valence-corrected chi connectivity index (χ0v) is 11.2. The maximum Gasteiger partial charge on any atom is 0.261 e. The summed E-state index contributed by atoms with van der Waals surface area (Å²) in [5.74, 6) is -0.911. The third-order valence-electron chi connectivity index (χ3n) is 2.82. The first-order chi connectivity index (χ1) is 10.0. The summed E-state index contributed by atoms with van der Waals surface area (Å²) >= 11 is 5.92. The van der Waals surface area contributed by atoms with Crippen molar-refractivity contribution in [3.63, 3.8) is 0 Å². The molecule has 0 radical (unpaired) electrons. The standard InChI is InChI=1S/C14H8ClF2N3O/c15-11-5-7(16)1-3-9(11)13-19-14(21-20-13)10-6-8(18)2-4-12(10)17/h1-6H,18H2. The van der Waals surface area contributed by atoms with Gasteiger partial charge in [0.1, 0.15) is 11.6 Å². The molecule has 0 atom stereocenters. The fourth-order valence-corrected chi connectivity index (χ4v) is 2.07. The Kier molecular flexibility index (Phi) is 3.31. The summed E-state index contributed by atoms with van der Waals surface area (Å²) in [6, 6.07) is 7.79. The number of benzene rings is 2. The Bertz CT molecular complexity index is 820. The van der Waals surface area contributed by atoms with E-state index in [1.54, 1.807) is 0 Å². The Morgan fingerprint density at radius 1 is 1.05 bits per heavy atom. The summed E-state index contributed by atoms with van der Waals surface area (Å²) in [7, 11) is 0. The highest BCUT2D eigenvalue weighted by molar-refractivity contribution is 6.33. The molecule has 0 aliphatic carbocycles. The monoisotopic (exact) mass is 307 g/mol. The summed E-state index contributed by atoms with van der Waals surface area (Å²) in [5, 5.41) is 3.86. The van der Waals surface area contributed by atoms with Gasteiger partial charge in [-0.25, -0.2) is 8.78 Å². The number of hydrogen-bond acceptors (Lipinski definition) is 4. The van der Waals surface area contributed by atoms with Gasteiger partial charge in [0.25, 0.3) is 5.89 Å². The second kappa shape index (κ2) is 5.14. The lowest BCUT2D eigenvalue weighted by Gasteiger charge is -1.99. The first-order valence-electron chi connectivity index (χ1n) is 5.89. The van der Waals surface area contributed by atoms with Gasteiger partial charge in [-0.15, -0.1) is 0 Å². The van der Waals surface area contributed by atoms with Gasteiger partial charge in [0.05, 0.1) is 10.6 Å². The van der Waals surface area contributed by atoms with Crippen LogP contribution in [0.4, 0.5) is 14.5 Å². The van der Waals surface area contributed by atoms with Crippen molar-refractivity contribution in [1.82, 2.24) is 10.1 Å². The van der Waals surface area contributed by atoms with Crippen LogP contribution in [0.1, 0.15) is 0 Å². The normalized spacial score (nSPS) is 10.8. The first-order valence-corrected chi connectivity index (χ1v) is 6.27. The molecule has 4 nitrogen and oxygen atoms in total. The average Bonchev–Trinajstić information content (AvgIpc) is 2.91. The Labute approximate surface area is 123 Å². The van der Waals surface area contributed by atoms with E-state index in [2.05, 4.69) is 10.1 Å².